The molecule has 0 spiro atoms. The number of aliphatic hydroxyl groups is 2. The van der Waals surface area contributed by atoms with Gasteiger partial charge in [0.25, 0.3) is 0 Å². The molecule has 3 heteroatoms. The fourth-order valence-corrected chi connectivity index (χ4v) is 2.09. The van der Waals surface area contributed by atoms with Gasteiger partial charge >= 0.3 is 0 Å². The topological polar surface area (TPSA) is 43.7 Å². The van der Waals surface area contributed by atoms with E-state index >= 15 is 0 Å². The van der Waals surface area contributed by atoms with Gasteiger partial charge in [0.2, 0.25) is 0 Å². The maximum atomic E-state index is 9.10. The Labute approximate surface area is 108 Å². The van der Waals surface area contributed by atoms with E-state index in [4.69, 9.17) is 10.2 Å². The fourth-order valence-electron chi connectivity index (χ4n) is 2.09. The number of hydrogen-bond donors (Lipinski definition) is 2. The predicted octanol–water partition coefficient (Wildman–Crippen LogP) is 0.987. The molecule has 0 unspecified atom stereocenters. The number of hydrogen-bond acceptors (Lipinski definition) is 3. The third-order valence-corrected chi connectivity index (χ3v) is 3.14. The Kier molecular flexibility index (Phi) is 4.77. The number of nitrogens with zero attached hydrogens (tertiary/aromatic N) is 1. The van der Waals surface area contributed by atoms with Gasteiger partial charge in [-0.2, -0.15) is 0 Å². The molecule has 1 saturated carbocycles. The minimum absolute atomic E-state index is 0.114. The first-order chi connectivity index (χ1) is 8.85. The van der Waals surface area contributed by atoms with Gasteiger partial charge in [0.1, 0.15) is 6.61 Å². The van der Waals surface area contributed by atoms with Crippen molar-refractivity contribution in [2.75, 3.05) is 19.8 Å². The van der Waals surface area contributed by atoms with Crippen LogP contribution in [0.15, 0.2) is 24.3 Å². The second-order valence-corrected chi connectivity index (χ2v) is 4.54. The van der Waals surface area contributed by atoms with Crippen LogP contribution in [0.4, 0.5) is 0 Å². The van der Waals surface area contributed by atoms with Crippen molar-refractivity contribution in [2.24, 2.45) is 0 Å². The molecule has 1 aromatic carbocycles. The van der Waals surface area contributed by atoms with Crippen molar-refractivity contribution >= 4 is 0 Å². The van der Waals surface area contributed by atoms with E-state index in [9.17, 15) is 0 Å². The lowest BCUT2D eigenvalue weighted by Crippen LogP contribution is -2.28. The van der Waals surface area contributed by atoms with Gasteiger partial charge in [-0.15, -0.1) is 0 Å². The molecular weight excluding hydrogens is 226 g/mol. The highest BCUT2D eigenvalue weighted by molar-refractivity contribution is 5.41. The van der Waals surface area contributed by atoms with Gasteiger partial charge in [0, 0.05) is 24.7 Å². The van der Waals surface area contributed by atoms with Crippen LogP contribution in [0.25, 0.3) is 0 Å². The maximum Gasteiger partial charge on any atom is 0.104 e. The third-order valence-electron chi connectivity index (χ3n) is 3.14. The summed E-state index contributed by atoms with van der Waals surface area (Å²) in [4.78, 5) is 2.31. The van der Waals surface area contributed by atoms with Crippen LogP contribution in [-0.4, -0.2) is 40.9 Å². The van der Waals surface area contributed by atoms with Crippen LogP contribution in [0, 0.1) is 11.8 Å². The first-order valence-electron chi connectivity index (χ1n) is 6.37. The molecule has 2 N–H and O–H groups in total. The zero-order valence-electron chi connectivity index (χ0n) is 10.5. The molecule has 18 heavy (non-hydrogen) atoms. The molecule has 1 aliphatic carbocycles. The molecule has 0 amide bonds. The molecule has 2 rings (SSSR count). The van der Waals surface area contributed by atoms with E-state index in [2.05, 4.69) is 22.8 Å². The van der Waals surface area contributed by atoms with Gasteiger partial charge in [-0.3, -0.25) is 4.90 Å². The molecule has 1 aromatic rings. The van der Waals surface area contributed by atoms with Crippen LogP contribution in [0.1, 0.15) is 24.0 Å². The molecule has 96 valence electrons. The summed E-state index contributed by atoms with van der Waals surface area (Å²) >= 11 is 0. The monoisotopic (exact) mass is 245 g/mol. The van der Waals surface area contributed by atoms with Crippen molar-refractivity contribution in [2.45, 2.75) is 25.4 Å². The average molecular weight is 245 g/mol. The van der Waals surface area contributed by atoms with Crippen molar-refractivity contribution in [1.29, 1.82) is 0 Å². The van der Waals surface area contributed by atoms with Gasteiger partial charge in [0.15, 0.2) is 0 Å². The lowest BCUT2D eigenvalue weighted by atomic mass is 10.1. The van der Waals surface area contributed by atoms with Crippen LogP contribution in [0.2, 0.25) is 0 Å². The second kappa shape index (κ2) is 6.55. The van der Waals surface area contributed by atoms with E-state index in [0.717, 1.165) is 12.1 Å². The van der Waals surface area contributed by atoms with Crippen LogP contribution in [0.5, 0.6) is 0 Å². The molecule has 0 atom stereocenters. The molecule has 1 aliphatic rings. The van der Waals surface area contributed by atoms with Crippen molar-refractivity contribution in [3.05, 3.63) is 35.4 Å². The molecular formula is C15H19NO2. The van der Waals surface area contributed by atoms with Crippen LogP contribution < -0.4 is 0 Å². The molecule has 0 bridgehead atoms. The number of rotatable bonds is 5. The highest BCUT2D eigenvalue weighted by Gasteiger charge is 2.28. The summed E-state index contributed by atoms with van der Waals surface area (Å²) in [5, 5.41) is 17.9. The van der Waals surface area contributed by atoms with E-state index in [0.29, 0.717) is 12.6 Å². The summed E-state index contributed by atoms with van der Waals surface area (Å²) in [6, 6.07) is 8.62. The molecule has 1 fully saturated rings. The molecule has 0 radical (unpaired) electrons. The maximum absolute atomic E-state index is 9.10. The first-order valence-corrected chi connectivity index (χ1v) is 6.37. The molecule has 0 aliphatic heterocycles. The van der Waals surface area contributed by atoms with E-state index < -0.39 is 0 Å². The van der Waals surface area contributed by atoms with Crippen molar-refractivity contribution in [3.63, 3.8) is 0 Å². The van der Waals surface area contributed by atoms with Gasteiger partial charge in [-0.1, -0.05) is 30.0 Å². The van der Waals surface area contributed by atoms with Gasteiger partial charge in [0.05, 0.1) is 6.61 Å². The normalized spacial score (nSPS) is 14.4. The summed E-state index contributed by atoms with van der Waals surface area (Å²) in [5.74, 6) is 5.67. The predicted molar refractivity (Wildman–Crippen MR) is 70.9 cm³/mol. The van der Waals surface area contributed by atoms with Gasteiger partial charge in [-0.05, 0) is 24.5 Å². The van der Waals surface area contributed by atoms with Crippen molar-refractivity contribution < 1.29 is 10.2 Å². The van der Waals surface area contributed by atoms with E-state index in [1.807, 2.05) is 18.2 Å². The minimum atomic E-state index is -0.114. The highest BCUT2D eigenvalue weighted by atomic mass is 16.3. The van der Waals surface area contributed by atoms with Crippen LogP contribution in [0.3, 0.4) is 0 Å². The lowest BCUT2D eigenvalue weighted by molar-refractivity contribution is 0.183. The average Bonchev–Trinajstić information content (AvgIpc) is 3.21. The molecule has 0 saturated heterocycles. The Hall–Kier alpha value is -1.34. The summed E-state index contributed by atoms with van der Waals surface area (Å²) in [7, 11) is 0. The zero-order chi connectivity index (χ0) is 12.8. The number of aliphatic hydroxyl groups excluding tert-OH is 2. The Morgan fingerprint density at radius 1 is 1.22 bits per heavy atom. The smallest absolute Gasteiger partial charge is 0.104 e. The molecule has 0 heterocycles. The minimum Gasteiger partial charge on any atom is -0.395 e. The van der Waals surface area contributed by atoms with Crippen LogP contribution in [-0.2, 0) is 6.54 Å². The van der Waals surface area contributed by atoms with Crippen molar-refractivity contribution in [3.8, 4) is 11.8 Å². The standard InChI is InChI=1S/C15H19NO2/c17-10-3-6-13-4-1-2-5-14(13)12-16(9-11-18)15-7-8-15/h1-2,4-5,15,17-18H,7-12H2. The Morgan fingerprint density at radius 3 is 2.67 bits per heavy atom. The molecule has 0 aromatic heterocycles. The molecule has 3 nitrogen and oxygen atoms in total. The largest absolute Gasteiger partial charge is 0.395 e. The third kappa shape index (κ3) is 3.58. The summed E-state index contributed by atoms with van der Waals surface area (Å²) in [5.41, 5.74) is 2.13. The van der Waals surface area contributed by atoms with E-state index in [-0.39, 0.29) is 13.2 Å². The number of benzene rings is 1. The second-order valence-electron chi connectivity index (χ2n) is 4.54. The summed E-state index contributed by atoms with van der Waals surface area (Å²) < 4.78 is 0. The van der Waals surface area contributed by atoms with Crippen molar-refractivity contribution in [1.82, 2.24) is 4.90 Å². The van der Waals surface area contributed by atoms with E-state index in [1.54, 1.807) is 0 Å². The lowest BCUT2D eigenvalue weighted by Gasteiger charge is -2.21. The summed E-state index contributed by atoms with van der Waals surface area (Å²) in [6.07, 6.45) is 2.45. The SMILES string of the molecule is OCC#Cc1ccccc1CN(CCO)C1CC1. The fraction of sp³-hybridized carbons (Fsp3) is 0.467. The van der Waals surface area contributed by atoms with E-state index in [1.165, 1.54) is 18.4 Å². The van der Waals surface area contributed by atoms with Crippen LogP contribution >= 0.6 is 0 Å². The Morgan fingerprint density at radius 2 is 2.00 bits per heavy atom. The summed E-state index contributed by atoms with van der Waals surface area (Å²) in [6.45, 7) is 1.62. The quantitative estimate of drug-likeness (QED) is 0.760. The Bertz CT molecular complexity index is 443. The van der Waals surface area contributed by atoms with Gasteiger partial charge < -0.3 is 10.2 Å². The first kappa shape index (κ1) is 13.1. The Balaban J connectivity index is 2.11. The highest BCUT2D eigenvalue weighted by Crippen LogP contribution is 2.28. The van der Waals surface area contributed by atoms with Gasteiger partial charge in [-0.25, -0.2) is 0 Å². The zero-order valence-corrected chi connectivity index (χ0v) is 10.5.